The molecule has 34 heavy (non-hydrogen) atoms. The lowest BCUT2D eigenvalue weighted by Crippen LogP contribution is -2.43. The number of fused-ring (bicyclic) bond motifs is 2. The maximum Gasteiger partial charge on any atom is 0.280 e. The van der Waals surface area contributed by atoms with Crippen LogP contribution in [0, 0.1) is 6.92 Å². The smallest absolute Gasteiger partial charge is 0.280 e. The molecule has 0 spiro atoms. The van der Waals surface area contributed by atoms with Gasteiger partial charge in [0.1, 0.15) is 11.4 Å². The predicted octanol–water partition coefficient (Wildman–Crippen LogP) is 3.05. The SMILES string of the molecule is C=CC(=O)N1CCN(c2cc3cnc(N)nc3n(-c3cccc(O)c3)c2=O)c2cccc(C)c21. The number of anilines is 4. The van der Waals surface area contributed by atoms with Crippen molar-refractivity contribution in [2.75, 3.05) is 28.6 Å². The Balaban J connectivity index is 1.79. The van der Waals surface area contributed by atoms with Crippen LogP contribution in [-0.2, 0) is 4.79 Å². The molecular formula is C25H22N6O3. The lowest BCUT2D eigenvalue weighted by molar-refractivity contribution is -0.114. The number of carbonyl (C=O) groups is 1. The van der Waals surface area contributed by atoms with Gasteiger partial charge in [0.2, 0.25) is 5.95 Å². The summed E-state index contributed by atoms with van der Waals surface area (Å²) < 4.78 is 1.42. The molecule has 0 bridgehead atoms. The summed E-state index contributed by atoms with van der Waals surface area (Å²) >= 11 is 0. The number of benzene rings is 2. The van der Waals surface area contributed by atoms with Gasteiger partial charge in [-0.25, -0.2) is 4.98 Å². The standard InChI is InChI=1S/C25H22N6O3/c1-3-21(33)30-11-10-29(19-9-4-6-15(2)22(19)30)20-12-16-14-27-25(26)28-23(16)31(24(20)34)17-7-5-8-18(32)13-17/h3-9,12-14,32H,1,10-11H2,2H3,(H2,26,27,28). The summed E-state index contributed by atoms with van der Waals surface area (Å²) in [6.45, 7) is 6.32. The first kappa shape index (κ1) is 21.2. The highest BCUT2D eigenvalue weighted by atomic mass is 16.3. The highest BCUT2D eigenvalue weighted by Gasteiger charge is 2.30. The molecule has 170 valence electrons. The Kier molecular flexibility index (Phi) is 5.01. The molecule has 3 heterocycles. The average molecular weight is 454 g/mol. The van der Waals surface area contributed by atoms with E-state index in [-0.39, 0.29) is 23.2 Å². The fraction of sp³-hybridized carbons (Fsp3) is 0.120. The molecule has 4 aromatic rings. The third kappa shape index (κ3) is 3.34. The van der Waals surface area contributed by atoms with Gasteiger partial charge in [-0.3, -0.25) is 14.2 Å². The van der Waals surface area contributed by atoms with Crippen LogP contribution in [0.2, 0.25) is 0 Å². The van der Waals surface area contributed by atoms with E-state index in [1.165, 1.54) is 22.8 Å². The molecule has 0 atom stereocenters. The number of aromatic nitrogens is 3. The van der Waals surface area contributed by atoms with Crippen LogP contribution in [0.15, 0.2) is 72.2 Å². The number of aromatic hydroxyl groups is 1. The lowest BCUT2D eigenvalue weighted by atomic mass is 10.1. The normalized spacial score (nSPS) is 13.1. The number of rotatable bonds is 3. The molecule has 2 aromatic carbocycles. The van der Waals surface area contributed by atoms with E-state index in [0.717, 1.165) is 16.9 Å². The van der Waals surface area contributed by atoms with E-state index >= 15 is 0 Å². The molecule has 1 aliphatic heterocycles. The molecule has 9 nitrogen and oxygen atoms in total. The highest BCUT2D eigenvalue weighted by molar-refractivity contribution is 6.05. The summed E-state index contributed by atoms with van der Waals surface area (Å²) in [4.78, 5) is 38.4. The van der Waals surface area contributed by atoms with Crippen LogP contribution in [0.25, 0.3) is 16.7 Å². The zero-order valence-corrected chi connectivity index (χ0v) is 18.5. The molecule has 0 aliphatic carbocycles. The molecule has 0 saturated carbocycles. The number of amides is 1. The minimum atomic E-state index is -0.341. The van der Waals surface area contributed by atoms with Crippen molar-refractivity contribution in [3.63, 3.8) is 0 Å². The number of carbonyl (C=O) groups excluding carboxylic acids is 1. The van der Waals surface area contributed by atoms with Crippen LogP contribution in [0.1, 0.15) is 5.56 Å². The maximum atomic E-state index is 13.9. The summed E-state index contributed by atoms with van der Waals surface area (Å²) in [5, 5.41) is 10.6. The van der Waals surface area contributed by atoms with Gasteiger partial charge in [0.15, 0.2) is 5.65 Å². The maximum absolute atomic E-state index is 13.9. The van der Waals surface area contributed by atoms with E-state index in [0.29, 0.717) is 35.5 Å². The number of hydrogen-bond donors (Lipinski definition) is 2. The molecule has 3 N–H and O–H groups in total. The first-order chi connectivity index (χ1) is 16.4. The zero-order chi connectivity index (χ0) is 24.0. The van der Waals surface area contributed by atoms with Crippen molar-refractivity contribution in [3.8, 4) is 11.4 Å². The first-order valence-corrected chi connectivity index (χ1v) is 10.7. The Bertz CT molecular complexity index is 1530. The van der Waals surface area contributed by atoms with Crippen LogP contribution >= 0.6 is 0 Å². The molecule has 1 aliphatic rings. The van der Waals surface area contributed by atoms with Crippen molar-refractivity contribution in [2.45, 2.75) is 6.92 Å². The topological polar surface area (TPSA) is 118 Å². The number of nitrogens with two attached hydrogens (primary N) is 1. The number of nitrogens with zero attached hydrogens (tertiary/aromatic N) is 5. The van der Waals surface area contributed by atoms with E-state index in [9.17, 15) is 14.7 Å². The second-order valence-corrected chi connectivity index (χ2v) is 7.99. The first-order valence-electron chi connectivity index (χ1n) is 10.7. The fourth-order valence-corrected chi connectivity index (χ4v) is 4.39. The van der Waals surface area contributed by atoms with Crippen molar-refractivity contribution in [2.24, 2.45) is 0 Å². The van der Waals surface area contributed by atoms with E-state index in [4.69, 9.17) is 5.73 Å². The number of nitrogen functional groups attached to an aromatic ring is 1. The van der Waals surface area contributed by atoms with Gasteiger partial charge in [0.05, 0.1) is 17.1 Å². The van der Waals surface area contributed by atoms with Gasteiger partial charge in [0, 0.05) is 30.7 Å². The fourth-order valence-electron chi connectivity index (χ4n) is 4.39. The van der Waals surface area contributed by atoms with Crippen LogP contribution in [-0.4, -0.2) is 38.6 Å². The Morgan fingerprint density at radius 2 is 1.94 bits per heavy atom. The lowest BCUT2D eigenvalue weighted by Gasteiger charge is -2.38. The Morgan fingerprint density at radius 3 is 2.71 bits per heavy atom. The Morgan fingerprint density at radius 1 is 1.15 bits per heavy atom. The number of pyridine rings is 1. The number of aryl methyl sites for hydroxylation is 1. The Labute approximate surface area is 195 Å². The molecule has 5 rings (SSSR count). The van der Waals surface area contributed by atoms with Crippen LogP contribution in [0.5, 0.6) is 5.75 Å². The minimum Gasteiger partial charge on any atom is -0.508 e. The van der Waals surface area contributed by atoms with Gasteiger partial charge in [-0.2, -0.15) is 4.98 Å². The minimum absolute atomic E-state index is 0.0162. The van der Waals surface area contributed by atoms with Crippen molar-refractivity contribution in [1.82, 2.24) is 14.5 Å². The number of hydrogen-bond acceptors (Lipinski definition) is 7. The number of phenols is 1. The van der Waals surface area contributed by atoms with E-state index in [1.807, 2.05) is 30.0 Å². The molecular weight excluding hydrogens is 432 g/mol. The predicted molar refractivity (Wildman–Crippen MR) is 132 cm³/mol. The summed E-state index contributed by atoms with van der Waals surface area (Å²) in [6, 6.07) is 13.8. The second-order valence-electron chi connectivity index (χ2n) is 7.99. The van der Waals surface area contributed by atoms with E-state index in [1.54, 1.807) is 29.3 Å². The molecule has 1 amide bonds. The third-order valence-corrected chi connectivity index (χ3v) is 5.88. The van der Waals surface area contributed by atoms with Gasteiger partial charge in [-0.15, -0.1) is 0 Å². The van der Waals surface area contributed by atoms with Crippen LogP contribution in [0.3, 0.4) is 0 Å². The molecule has 0 fully saturated rings. The number of para-hydroxylation sites is 1. The van der Waals surface area contributed by atoms with Gasteiger partial charge >= 0.3 is 0 Å². The zero-order valence-electron chi connectivity index (χ0n) is 18.5. The van der Waals surface area contributed by atoms with Gasteiger partial charge in [-0.05, 0) is 42.8 Å². The van der Waals surface area contributed by atoms with Crippen LogP contribution < -0.4 is 21.1 Å². The molecule has 0 saturated heterocycles. The molecule has 9 heteroatoms. The Hall–Kier alpha value is -4.66. The van der Waals surface area contributed by atoms with Gasteiger partial charge < -0.3 is 20.6 Å². The average Bonchev–Trinajstić information content (AvgIpc) is 2.83. The second kappa shape index (κ2) is 8.04. The van der Waals surface area contributed by atoms with Crippen molar-refractivity contribution in [3.05, 3.63) is 83.3 Å². The van der Waals surface area contributed by atoms with Gasteiger partial charge in [-0.1, -0.05) is 24.8 Å². The van der Waals surface area contributed by atoms with E-state index in [2.05, 4.69) is 16.5 Å². The number of phenolic OH excluding ortho intramolecular Hbond substituents is 1. The highest BCUT2D eigenvalue weighted by Crippen LogP contribution is 2.39. The molecule has 0 unspecified atom stereocenters. The summed E-state index contributed by atoms with van der Waals surface area (Å²) in [7, 11) is 0. The summed E-state index contributed by atoms with van der Waals surface area (Å²) in [5.74, 6) is -0.150. The monoisotopic (exact) mass is 454 g/mol. The van der Waals surface area contributed by atoms with E-state index < -0.39 is 0 Å². The largest absolute Gasteiger partial charge is 0.508 e. The van der Waals surface area contributed by atoms with Crippen molar-refractivity contribution < 1.29 is 9.90 Å². The molecule has 0 radical (unpaired) electrons. The van der Waals surface area contributed by atoms with Crippen molar-refractivity contribution >= 4 is 40.0 Å². The summed E-state index contributed by atoms with van der Waals surface area (Å²) in [6.07, 6.45) is 2.85. The van der Waals surface area contributed by atoms with Crippen molar-refractivity contribution in [1.29, 1.82) is 0 Å². The summed E-state index contributed by atoms with van der Waals surface area (Å²) in [5.41, 5.74) is 9.02. The third-order valence-electron chi connectivity index (χ3n) is 5.88. The van der Waals surface area contributed by atoms with Gasteiger partial charge in [0.25, 0.3) is 11.5 Å². The van der Waals surface area contributed by atoms with Crippen LogP contribution in [0.4, 0.5) is 23.0 Å². The quantitative estimate of drug-likeness (QED) is 0.457. The molecule has 2 aromatic heterocycles.